The maximum atomic E-state index is 11.2. The van der Waals surface area contributed by atoms with Crippen molar-refractivity contribution in [2.75, 3.05) is 26.0 Å². The summed E-state index contributed by atoms with van der Waals surface area (Å²) in [5, 5.41) is 0. The first kappa shape index (κ1) is 16.2. The van der Waals surface area contributed by atoms with Gasteiger partial charge in [0.15, 0.2) is 0 Å². The molecule has 1 N–H and O–H groups in total. The van der Waals surface area contributed by atoms with E-state index in [9.17, 15) is 8.42 Å². The molecule has 0 aliphatic carbocycles. The average Bonchev–Trinajstić information content (AvgIpc) is 2.83. The SMILES string of the molecule is CCCOc1ccc(CN2CCC(NS(C)(=O)=O)C2)cn1. The van der Waals surface area contributed by atoms with Gasteiger partial charge in [-0.3, -0.25) is 4.90 Å². The molecule has 6 nitrogen and oxygen atoms in total. The molecule has 1 aromatic rings. The van der Waals surface area contributed by atoms with E-state index in [0.29, 0.717) is 12.5 Å². The fourth-order valence-electron chi connectivity index (χ4n) is 2.43. The van der Waals surface area contributed by atoms with Crippen molar-refractivity contribution in [1.82, 2.24) is 14.6 Å². The lowest BCUT2D eigenvalue weighted by Gasteiger charge is -2.16. The van der Waals surface area contributed by atoms with E-state index >= 15 is 0 Å². The highest BCUT2D eigenvalue weighted by atomic mass is 32.2. The second-order valence-corrected chi connectivity index (χ2v) is 7.24. The topological polar surface area (TPSA) is 71.5 Å². The summed E-state index contributed by atoms with van der Waals surface area (Å²) in [4.78, 5) is 6.50. The van der Waals surface area contributed by atoms with Gasteiger partial charge in [-0.15, -0.1) is 0 Å². The summed E-state index contributed by atoms with van der Waals surface area (Å²) >= 11 is 0. The van der Waals surface area contributed by atoms with E-state index in [-0.39, 0.29) is 6.04 Å². The highest BCUT2D eigenvalue weighted by Crippen LogP contribution is 2.15. The van der Waals surface area contributed by atoms with Crippen molar-refractivity contribution in [1.29, 1.82) is 0 Å². The van der Waals surface area contributed by atoms with Crippen LogP contribution in [0.5, 0.6) is 5.88 Å². The zero-order valence-electron chi connectivity index (χ0n) is 12.6. The number of ether oxygens (including phenoxy) is 1. The predicted molar refractivity (Wildman–Crippen MR) is 81.7 cm³/mol. The first-order chi connectivity index (χ1) is 9.96. The van der Waals surface area contributed by atoms with Crippen molar-refractivity contribution in [3.63, 3.8) is 0 Å². The molecule has 118 valence electrons. The van der Waals surface area contributed by atoms with Gasteiger partial charge >= 0.3 is 0 Å². The van der Waals surface area contributed by atoms with Gasteiger partial charge in [0, 0.05) is 37.9 Å². The molecular weight excluding hydrogens is 290 g/mol. The van der Waals surface area contributed by atoms with Crippen LogP contribution in [0.15, 0.2) is 18.3 Å². The summed E-state index contributed by atoms with van der Waals surface area (Å²) in [5.74, 6) is 0.652. The lowest BCUT2D eigenvalue weighted by atomic mass is 10.2. The Morgan fingerprint density at radius 1 is 1.48 bits per heavy atom. The number of nitrogens with zero attached hydrogens (tertiary/aromatic N) is 2. The van der Waals surface area contributed by atoms with E-state index in [1.165, 1.54) is 6.26 Å². The van der Waals surface area contributed by atoms with Crippen molar-refractivity contribution in [3.8, 4) is 5.88 Å². The number of likely N-dealkylation sites (tertiary alicyclic amines) is 1. The first-order valence-electron chi connectivity index (χ1n) is 7.23. The Bertz CT molecular complexity index is 545. The number of nitrogens with one attached hydrogen (secondary N) is 1. The Morgan fingerprint density at radius 3 is 2.90 bits per heavy atom. The third-order valence-electron chi connectivity index (χ3n) is 3.31. The number of sulfonamides is 1. The van der Waals surface area contributed by atoms with Gasteiger partial charge in [0.05, 0.1) is 12.9 Å². The van der Waals surface area contributed by atoms with Crippen LogP contribution >= 0.6 is 0 Å². The minimum Gasteiger partial charge on any atom is -0.478 e. The molecule has 21 heavy (non-hydrogen) atoms. The highest BCUT2D eigenvalue weighted by Gasteiger charge is 2.24. The summed E-state index contributed by atoms with van der Waals surface area (Å²) in [6.45, 7) is 5.14. The van der Waals surface area contributed by atoms with Crippen molar-refractivity contribution in [2.24, 2.45) is 0 Å². The van der Waals surface area contributed by atoms with Gasteiger partial charge < -0.3 is 4.74 Å². The monoisotopic (exact) mass is 313 g/mol. The van der Waals surface area contributed by atoms with Crippen LogP contribution in [0, 0.1) is 0 Å². The number of hydrogen-bond acceptors (Lipinski definition) is 5. The normalized spacial score (nSPS) is 19.8. The molecule has 2 rings (SSSR count). The zero-order chi connectivity index (χ0) is 15.3. The van der Waals surface area contributed by atoms with Crippen LogP contribution in [0.1, 0.15) is 25.3 Å². The summed E-state index contributed by atoms with van der Waals surface area (Å²) in [6.07, 6.45) is 4.83. The van der Waals surface area contributed by atoms with Crippen LogP contribution in [0.4, 0.5) is 0 Å². The Balaban J connectivity index is 1.83. The number of aromatic nitrogens is 1. The molecule has 1 aliphatic rings. The minimum absolute atomic E-state index is 0.0140. The molecule has 1 atom stereocenters. The first-order valence-corrected chi connectivity index (χ1v) is 9.13. The molecular formula is C14H23N3O3S. The molecule has 0 radical (unpaired) electrons. The Kier molecular flexibility index (Phi) is 5.55. The van der Waals surface area contributed by atoms with Gasteiger partial charge in [-0.2, -0.15) is 0 Å². The molecule has 0 aromatic carbocycles. The van der Waals surface area contributed by atoms with Crippen LogP contribution < -0.4 is 9.46 Å². The lowest BCUT2D eigenvalue weighted by molar-refractivity contribution is 0.303. The maximum absolute atomic E-state index is 11.2. The van der Waals surface area contributed by atoms with E-state index in [2.05, 4.69) is 21.5 Å². The van der Waals surface area contributed by atoms with Crippen molar-refractivity contribution in [3.05, 3.63) is 23.9 Å². The van der Waals surface area contributed by atoms with Crippen LogP contribution in [0.25, 0.3) is 0 Å². The molecule has 1 aliphatic heterocycles. The average molecular weight is 313 g/mol. The summed E-state index contributed by atoms with van der Waals surface area (Å²) in [7, 11) is -3.12. The second kappa shape index (κ2) is 7.20. The van der Waals surface area contributed by atoms with E-state index in [1.54, 1.807) is 0 Å². The van der Waals surface area contributed by atoms with Crippen molar-refractivity contribution >= 4 is 10.0 Å². The standard InChI is InChI=1S/C14H23N3O3S/c1-3-8-20-14-5-4-12(9-15-14)10-17-7-6-13(11-17)16-21(2,18)19/h4-5,9,13,16H,3,6-8,10-11H2,1-2H3. The van der Waals surface area contributed by atoms with Crippen LogP contribution in [-0.2, 0) is 16.6 Å². The van der Waals surface area contributed by atoms with Gasteiger partial charge in [-0.05, 0) is 18.4 Å². The Hall–Kier alpha value is -1.18. The molecule has 0 amide bonds. The van der Waals surface area contributed by atoms with Gasteiger partial charge in [0.25, 0.3) is 0 Å². The molecule has 0 saturated carbocycles. The van der Waals surface area contributed by atoms with E-state index in [0.717, 1.165) is 38.0 Å². The van der Waals surface area contributed by atoms with Crippen LogP contribution in [0.2, 0.25) is 0 Å². The quantitative estimate of drug-likeness (QED) is 0.813. The van der Waals surface area contributed by atoms with E-state index in [1.807, 2.05) is 18.3 Å². The van der Waals surface area contributed by atoms with Gasteiger partial charge in [0.2, 0.25) is 15.9 Å². The maximum Gasteiger partial charge on any atom is 0.213 e. The molecule has 1 fully saturated rings. The van der Waals surface area contributed by atoms with Crippen LogP contribution in [0.3, 0.4) is 0 Å². The number of hydrogen-bond donors (Lipinski definition) is 1. The van der Waals surface area contributed by atoms with Gasteiger partial charge in [-0.1, -0.05) is 13.0 Å². The highest BCUT2D eigenvalue weighted by molar-refractivity contribution is 7.88. The third kappa shape index (κ3) is 5.61. The van der Waals surface area contributed by atoms with Gasteiger partial charge in [-0.25, -0.2) is 18.1 Å². The summed E-state index contributed by atoms with van der Waals surface area (Å²) < 4.78 is 30.6. The Morgan fingerprint density at radius 2 is 2.29 bits per heavy atom. The second-order valence-electron chi connectivity index (χ2n) is 5.46. The Labute approximate surface area is 126 Å². The van der Waals surface area contributed by atoms with Crippen molar-refractivity contribution in [2.45, 2.75) is 32.4 Å². The van der Waals surface area contributed by atoms with Crippen LogP contribution in [-0.4, -0.2) is 50.3 Å². The fourth-order valence-corrected chi connectivity index (χ4v) is 3.23. The summed E-state index contributed by atoms with van der Waals surface area (Å²) in [5.41, 5.74) is 1.11. The smallest absolute Gasteiger partial charge is 0.213 e. The number of pyridine rings is 1. The number of rotatable bonds is 7. The molecule has 1 saturated heterocycles. The molecule has 0 bridgehead atoms. The molecule has 7 heteroatoms. The van der Waals surface area contributed by atoms with Crippen molar-refractivity contribution < 1.29 is 13.2 Å². The molecule has 1 unspecified atom stereocenters. The van der Waals surface area contributed by atoms with Gasteiger partial charge in [0.1, 0.15) is 0 Å². The third-order valence-corrected chi connectivity index (χ3v) is 4.07. The molecule has 0 spiro atoms. The molecule has 2 heterocycles. The minimum atomic E-state index is -3.12. The van der Waals surface area contributed by atoms with E-state index < -0.39 is 10.0 Å². The van der Waals surface area contributed by atoms with E-state index in [4.69, 9.17) is 4.74 Å². The predicted octanol–water partition coefficient (Wildman–Crippen LogP) is 0.994. The largest absolute Gasteiger partial charge is 0.478 e. The summed E-state index contributed by atoms with van der Waals surface area (Å²) in [6, 6.07) is 3.91. The lowest BCUT2D eigenvalue weighted by Crippen LogP contribution is -2.36. The fraction of sp³-hybridized carbons (Fsp3) is 0.643. The zero-order valence-corrected chi connectivity index (χ0v) is 13.4. The molecule has 1 aromatic heterocycles.